The molecule has 24 heavy (non-hydrogen) atoms. The molecule has 3 rings (SSSR count). The van der Waals surface area contributed by atoms with Gasteiger partial charge in [-0.1, -0.05) is 12.1 Å². The number of para-hydroxylation sites is 1. The van der Waals surface area contributed by atoms with Crippen LogP contribution in [0.4, 0.5) is 10.1 Å². The summed E-state index contributed by atoms with van der Waals surface area (Å²) in [5.41, 5.74) is 0.685. The highest BCUT2D eigenvalue weighted by Gasteiger charge is 2.31. The first-order chi connectivity index (χ1) is 11.2. The van der Waals surface area contributed by atoms with Crippen LogP contribution in [-0.2, 0) is 26.5 Å². The Kier molecular flexibility index (Phi) is 4.10. The third-order valence-corrected chi connectivity index (χ3v) is 6.61. The van der Waals surface area contributed by atoms with Crippen LogP contribution < -0.4 is 9.44 Å². The van der Waals surface area contributed by atoms with Crippen molar-refractivity contribution in [3.05, 3.63) is 53.8 Å². The number of halogens is 1. The maximum atomic E-state index is 14.2. The van der Waals surface area contributed by atoms with Crippen molar-refractivity contribution in [3.8, 4) is 0 Å². The first-order valence-corrected chi connectivity index (χ1v) is 10.1. The van der Waals surface area contributed by atoms with Crippen LogP contribution >= 0.6 is 0 Å². The molecule has 0 fully saturated rings. The molecule has 2 aromatic rings. The molecular formula is C15H15FN2O4S2. The first kappa shape index (κ1) is 16.9. The van der Waals surface area contributed by atoms with E-state index in [9.17, 15) is 21.2 Å². The van der Waals surface area contributed by atoms with E-state index in [4.69, 9.17) is 5.14 Å². The molecular weight excluding hydrogens is 355 g/mol. The molecule has 128 valence electrons. The van der Waals surface area contributed by atoms with Gasteiger partial charge < -0.3 is 0 Å². The maximum Gasteiger partial charge on any atom is 0.264 e. The summed E-state index contributed by atoms with van der Waals surface area (Å²) in [6.07, 6.45) is 1.18. The molecule has 1 heterocycles. The third-order valence-electron chi connectivity index (χ3n) is 3.87. The van der Waals surface area contributed by atoms with Gasteiger partial charge in [-0.05, 0) is 48.7 Å². The van der Waals surface area contributed by atoms with Crippen molar-refractivity contribution in [2.45, 2.75) is 22.6 Å². The summed E-state index contributed by atoms with van der Waals surface area (Å²) < 4.78 is 63.4. The Morgan fingerprint density at radius 3 is 2.21 bits per heavy atom. The summed E-state index contributed by atoms with van der Waals surface area (Å²) >= 11 is 0. The molecule has 0 amide bonds. The fourth-order valence-corrected chi connectivity index (χ4v) is 4.80. The number of fused-ring (bicyclic) bond motifs is 1. The number of primary sulfonamides is 1. The third kappa shape index (κ3) is 2.90. The highest BCUT2D eigenvalue weighted by Crippen LogP contribution is 2.34. The van der Waals surface area contributed by atoms with Gasteiger partial charge in [0.15, 0.2) is 0 Å². The topological polar surface area (TPSA) is 97.5 Å². The number of nitrogens with zero attached hydrogens (tertiary/aromatic N) is 1. The normalized spacial score (nSPS) is 15.2. The largest absolute Gasteiger partial charge is 0.264 e. The van der Waals surface area contributed by atoms with Crippen molar-refractivity contribution in [1.82, 2.24) is 0 Å². The van der Waals surface area contributed by atoms with E-state index in [0.29, 0.717) is 18.4 Å². The summed E-state index contributed by atoms with van der Waals surface area (Å²) in [7, 11) is -7.92. The Hall–Kier alpha value is -1.97. The zero-order chi connectivity index (χ0) is 17.5. The van der Waals surface area contributed by atoms with Crippen LogP contribution in [0.1, 0.15) is 12.0 Å². The molecule has 0 spiro atoms. The van der Waals surface area contributed by atoms with E-state index in [2.05, 4.69) is 0 Å². The standard InChI is InChI=1S/C15H15FN2O4S2/c16-14-5-1-3-11-4-2-10-18(15(11)14)24(21,22)13-8-6-12(7-9-13)23(17,19)20/h1,3,5-9H,2,4,10H2,(H2,17,19,20). The predicted octanol–water partition coefficient (Wildman–Crippen LogP) is 1.61. The molecule has 0 atom stereocenters. The van der Waals surface area contributed by atoms with E-state index in [0.717, 1.165) is 28.6 Å². The van der Waals surface area contributed by atoms with Crippen molar-refractivity contribution in [3.63, 3.8) is 0 Å². The minimum atomic E-state index is -4.00. The van der Waals surface area contributed by atoms with Gasteiger partial charge in [-0.3, -0.25) is 4.31 Å². The molecule has 0 aromatic heterocycles. The number of benzene rings is 2. The smallest absolute Gasteiger partial charge is 0.263 e. The second-order valence-corrected chi connectivity index (χ2v) is 8.87. The number of rotatable bonds is 3. The van der Waals surface area contributed by atoms with E-state index in [1.165, 1.54) is 6.07 Å². The molecule has 0 aliphatic carbocycles. The van der Waals surface area contributed by atoms with Crippen LogP contribution in [-0.4, -0.2) is 23.4 Å². The van der Waals surface area contributed by atoms with Crippen LogP contribution in [0, 0.1) is 5.82 Å². The molecule has 0 unspecified atom stereocenters. The second-order valence-electron chi connectivity index (χ2n) is 5.44. The van der Waals surface area contributed by atoms with Crippen LogP contribution in [0.5, 0.6) is 0 Å². The highest BCUT2D eigenvalue weighted by molar-refractivity contribution is 7.92. The number of anilines is 1. The molecule has 0 bridgehead atoms. The van der Waals surface area contributed by atoms with E-state index in [1.807, 2.05) is 0 Å². The summed E-state index contributed by atoms with van der Waals surface area (Å²) in [4.78, 5) is -0.308. The molecule has 0 radical (unpaired) electrons. The molecule has 1 aliphatic rings. The monoisotopic (exact) mass is 370 g/mol. The van der Waals surface area contributed by atoms with Gasteiger partial charge in [0, 0.05) is 6.54 Å². The van der Waals surface area contributed by atoms with E-state index >= 15 is 0 Å². The molecule has 6 nitrogen and oxygen atoms in total. The maximum absolute atomic E-state index is 14.2. The Labute approximate surface area is 139 Å². The number of sulfonamides is 2. The van der Waals surface area contributed by atoms with E-state index in [1.54, 1.807) is 12.1 Å². The predicted molar refractivity (Wildman–Crippen MR) is 87.1 cm³/mol. The van der Waals surface area contributed by atoms with Crippen molar-refractivity contribution in [2.24, 2.45) is 5.14 Å². The average Bonchev–Trinajstić information content (AvgIpc) is 2.54. The minimum Gasteiger partial charge on any atom is -0.263 e. The fraction of sp³-hybridized carbons (Fsp3) is 0.200. The molecule has 9 heteroatoms. The van der Waals surface area contributed by atoms with E-state index in [-0.39, 0.29) is 22.0 Å². The first-order valence-electron chi connectivity index (χ1n) is 7.14. The zero-order valence-corrected chi connectivity index (χ0v) is 14.1. The van der Waals surface area contributed by atoms with Gasteiger partial charge in [-0.15, -0.1) is 0 Å². The fourth-order valence-electron chi connectivity index (χ4n) is 2.73. The SMILES string of the molecule is NS(=O)(=O)c1ccc(S(=O)(=O)N2CCCc3cccc(F)c32)cc1. The molecule has 0 saturated carbocycles. The molecule has 2 aromatic carbocycles. The Morgan fingerprint density at radius 2 is 1.58 bits per heavy atom. The van der Waals surface area contributed by atoms with Gasteiger partial charge in [-0.2, -0.15) is 0 Å². The lowest BCUT2D eigenvalue weighted by Crippen LogP contribution is -2.36. The van der Waals surface area contributed by atoms with Gasteiger partial charge >= 0.3 is 0 Å². The molecule has 2 N–H and O–H groups in total. The van der Waals surface area contributed by atoms with Crippen molar-refractivity contribution < 1.29 is 21.2 Å². The van der Waals surface area contributed by atoms with Crippen LogP contribution in [0.15, 0.2) is 52.3 Å². The van der Waals surface area contributed by atoms with Gasteiger partial charge in [0.1, 0.15) is 5.82 Å². The number of hydrogen-bond acceptors (Lipinski definition) is 4. The quantitative estimate of drug-likeness (QED) is 0.888. The van der Waals surface area contributed by atoms with Crippen LogP contribution in [0.25, 0.3) is 0 Å². The van der Waals surface area contributed by atoms with Gasteiger partial charge in [0.05, 0.1) is 15.5 Å². The number of nitrogens with two attached hydrogens (primary N) is 1. The Bertz CT molecular complexity index is 987. The van der Waals surface area contributed by atoms with Crippen molar-refractivity contribution in [2.75, 3.05) is 10.8 Å². The van der Waals surface area contributed by atoms with Crippen LogP contribution in [0.2, 0.25) is 0 Å². The highest BCUT2D eigenvalue weighted by atomic mass is 32.2. The molecule has 1 aliphatic heterocycles. The average molecular weight is 370 g/mol. The lowest BCUT2D eigenvalue weighted by Gasteiger charge is -2.30. The zero-order valence-electron chi connectivity index (χ0n) is 12.5. The van der Waals surface area contributed by atoms with E-state index < -0.39 is 25.9 Å². The molecule has 0 saturated heterocycles. The van der Waals surface area contributed by atoms with Crippen LogP contribution in [0.3, 0.4) is 0 Å². The summed E-state index contributed by atoms with van der Waals surface area (Å²) in [6.45, 7) is 0.160. The number of aryl methyl sites for hydroxylation is 1. The minimum absolute atomic E-state index is 0.0549. The Morgan fingerprint density at radius 1 is 0.958 bits per heavy atom. The lowest BCUT2D eigenvalue weighted by atomic mass is 10.0. The van der Waals surface area contributed by atoms with Gasteiger partial charge in [0.2, 0.25) is 10.0 Å². The van der Waals surface area contributed by atoms with Gasteiger partial charge in [0.25, 0.3) is 10.0 Å². The Balaban J connectivity index is 2.07. The summed E-state index contributed by atoms with van der Waals surface area (Å²) in [5, 5.41) is 5.00. The number of hydrogen-bond donors (Lipinski definition) is 1. The second kappa shape index (κ2) is 5.83. The van der Waals surface area contributed by atoms with Gasteiger partial charge in [-0.25, -0.2) is 26.4 Å². The summed E-state index contributed by atoms with van der Waals surface area (Å²) in [5.74, 6) is -0.600. The summed E-state index contributed by atoms with van der Waals surface area (Å²) in [6, 6.07) is 9.02. The lowest BCUT2D eigenvalue weighted by molar-refractivity contribution is 0.576. The van der Waals surface area contributed by atoms with Crippen molar-refractivity contribution in [1.29, 1.82) is 0 Å². The van der Waals surface area contributed by atoms with Crippen molar-refractivity contribution >= 4 is 25.7 Å².